The van der Waals surface area contributed by atoms with Crippen LogP contribution in [0.5, 0.6) is 11.5 Å². The van der Waals surface area contributed by atoms with Crippen molar-refractivity contribution in [3.8, 4) is 23.8 Å². The Bertz CT molecular complexity index is 878. The summed E-state index contributed by atoms with van der Waals surface area (Å²) in [6.07, 6.45) is 6.26. The highest BCUT2D eigenvalue weighted by Crippen LogP contribution is 2.29. The second-order valence-electron chi connectivity index (χ2n) is 6.57. The summed E-state index contributed by atoms with van der Waals surface area (Å²) in [6, 6.07) is 11.6. The molecule has 1 saturated heterocycles. The number of rotatable bonds is 7. The Kier molecular flexibility index (Phi) is 6.51. The van der Waals surface area contributed by atoms with Gasteiger partial charge >= 0.3 is 0 Å². The predicted octanol–water partition coefficient (Wildman–Crippen LogP) is 2.96. The van der Waals surface area contributed by atoms with E-state index < -0.39 is 6.04 Å². The Balaban J connectivity index is 1.72. The van der Waals surface area contributed by atoms with Crippen LogP contribution >= 0.6 is 0 Å². The van der Waals surface area contributed by atoms with Crippen LogP contribution in [0.2, 0.25) is 0 Å². The summed E-state index contributed by atoms with van der Waals surface area (Å²) >= 11 is 0. The SMILES string of the molecule is C#CCOc1ccc(CN[C@@H]2CCC(=O)N[C@H]2c2ccccc2F)cc1OC. The van der Waals surface area contributed by atoms with E-state index in [0.29, 0.717) is 36.4 Å². The molecule has 0 spiro atoms. The van der Waals surface area contributed by atoms with Gasteiger partial charge in [-0.05, 0) is 30.2 Å². The lowest BCUT2D eigenvalue weighted by atomic mass is 9.91. The first kappa shape index (κ1) is 19.7. The Morgan fingerprint density at radius 2 is 2.11 bits per heavy atom. The van der Waals surface area contributed by atoms with Gasteiger partial charge in [-0.1, -0.05) is 30.2 Å². The maximum Gasteiger partial charge on any atom is 0.220 e. The topological polar surface area (TPSA) is 59.6 Å². The largest absolute Gasteiger partial charge is 0.493 e. The predicted molar refractivity (Wildman–Crippen MR) is 104 cm³/mol. The average Bonchev–Trinajstić information content (AvgIpc) is 2.72. The van der Waals surface area contributed by atoms with Crippen LogP contribution in [0.25, 0.3) is 0 Å². The van der Waals surface area contributed by atoms with Crippen LogP contribution < -0.4 is 20.1 Å². The van der Waals surface area contributed by atoms with Gasteiger partial charge in [0.05, 0.1) is 13.2 Å². The third-order valence-electron chi connectivity index (χ3n) is 4.75. The molecule has 0 aliphatic carbocycles. The molecule has 1 fully saturated rings. The number of ether oxygens (including phenoxy) is 2. The molecule has 0 bridgehead atoms. The number of methoxy groups -OCH3 is 1. The highest BCUT2D eigenvalue weighted by Gasteiger charge is 2.31. The molecule has 0 aromatic heterocycles. The number of carbonyl (C=O) groups excluding carboxylic acids is 1. The van der Waals surface area contributed by atoms with E-state index in [-0.39, 0.29) is 24.4 Å². The minimum atomic E-state index is -0.414. The fourth-order valence-electron chi connectivity index (χ4n) is 3.35. The Morgan fingerprint density at radius 1 is 1.29 bits per heavy atom. The van der Waals surface area contributed by atoms with Crippen LogP contribution in [-0.4, -0.2) is 25.7 Å². The lowest BCUT2D eigenvalue weighted by molar-refractivity contribution is -0.123. The molecule has 1 amide bonds. The smallest absolute Gasteiger partial charge is 0.220 e. The molecule has 146 valence electrons. The van der Waals surface area contributed by atoms with E-state index in [9.17, 15) is 9.18 Å². The van der Waals surface area contributed by atoms with Gasteiger partial charge in [-0.3, -0.25) is 4.79 Å². The number of hydrogen-bond donors (Lipinski definition) is 2. The number of benzene rings is 2. The van der Waals surface area contributed by atoms with Crippen molar-refractivity contribution in [1.82, 2.24) is 10.6 Å². The van der Waals surface area contributed by atoms with Crippen LogP contribution in [0.3, 0.4) is 0 Å². The summed E-state index contributed by atoms with van der Waals surface area (Å²) < 4.78 is 25.1. The first-order valence-electron chi connectivity index (χ1n) is 9.12. The fourth-order valence-corrected chi connectivity index (χ4v) is 3.35. The second-order valence-corrected chi connectivity index (χ2v) is 6.57. The van der Waals surface area contributed by atoms with E-state index in [4.69, 9.17) is 15.9 Å². The van der Waals surface area contributed by atoms with Gasteiger partial charge in [-0.2, -0.15) is 0 Å². The molecule has 3 rings (SSSR count). The third-order valence-corrected chi connectivity index (χ3v) is 4.75. The number of halogens is 1. The molecule has 2 aromatic carbocycles. The zero-order valence-corrected chi connectivity index (χ0v) is 15.7. The molecule has 1 aliphatic rings. The number of amides is 1. The summed E-state index contributed by atoms with van der Waals surface area (Å²) in [4.78, 5) is 11.9. The molecule has 1 heterocycles. The molecular formula is C22H23FN2O3. The Labute approximate surface area is 164 Å². The minimum Gasteiger partial charge on any atom is -0.493 e. The molecule has 1 aliphatic heterocycles. The highest BCUT2D eigenvalue weighted by atomic mass is 19.1. The molecule has 2 aromatic rings. The minimum absolute atomic E-state index is 0.0667. The molecule has 6 heteroatoms. The van der Waals surface area contributed by atoms with Gasteiger partial charge in [0.1, 0.15) is 12.4 Å². The van der Waals surface area contributed by atoms with E-state index in [0.717, 1.165) is 5.56 Å². The summed E-state index contributed by atoms with van der Waals surface area (Å²) in [5, 5.41) is 6.35. The van der Waals surface area contributed by atoms with Gasteiger partial charge < -0.3 is 20.1 Å². The second kappa shape index (κ2) is 9.25. The molecule has 28 heavy (non-hydrogen) atoms. The van der Waals surface area contributed by atoms with E-state index in [1.807, 2.05) is 18.2 Å². The lowest BCUT2D eigenvalue weighted by Gasteiger charge is -2.33. The number of nitrogens with one attached hydrogen (secondary N) is 2. The van der Waals surface area contributed by atoms with Gasteiger partial charge in [0, 0.05) is 24.6 Å². The monoisotopic (exact) mass is 382 g/mol. The molecule has 2 N–H and O–H groups in total. The Morgan fingerprint density at radius 3 is 2.86 bits per heavy atom. The lowest BCUT2D eigenvalue weighted by Crippen LogP contribution is -2.48. The van der Waals surface area contributed by atoms with Crippen molar-refractivity contribution in [2.75, 3.05) is 13.7 Å². The number of hydrogen-bond acceptors (Lipinski definition) is 4. The van der Waals surface area contributed by atoms with E-state index >= 15 is 0 Å². The normalized spacial score (nSPS) is 18.8. The summed E-state index contributed by atoms with van der Waals surface area (Å²) in [5.74, 6) is 3.21. The van der Waals surface area contributed by atoms with Gasteiger partial charge in [-0.25, -0.2) is 4.39 Å². The van der Waals surface area contributed by atoms with Crippen molar-refractivity contribution in [3.63, 3.8) is 0 Å². The van der Waals surface area contributed by atoms with Gasteiger partial charge in [0.15, 0.2) is 11.5 Å². The van der Waals surface area contributed by atoms with Crippen molar-refractivity contribution in [2.45, 2.75) is 31.5 Å². The molecule has 0 unspecified atom stereocenters. The summed E-state index contributed by atoms with van der Waals surface area (Å²) in [6.45, 7) is 0.706. The quantitative estimate of drug-likeness (QED) is 0.723. The van der Waals surface area contributed by atoms with Crippen LogP contribution in [0.1, 0.15) is 30.0 Å². The van der Waals surface area contributed by atoms with Crippen LogP contribution in [0, 0.1) is 18.2 Å². The van der Waals surface area contributed by atoms with Crippen molar-refractivity contribution >= 4 is 5.91 Å². The maximum atomic E-state index is 14.3. The average molecular weight is 382 g/mol. The molecule has 0 radical (unpaired) electrons. The van der Waals surface area contributed by atoms with Crippen molar-refractivity contribution in [3.05, 3.63) is 59.4 Å². The van der Waals surface area contributed by atoms with Gasteiger partial charge in [0.25, 0.3) is 0 Å². The van der Waals surface area contributed by atoms with E-state index in [2.05, 4.69) is 16.6 Å². The van der Waals surface area contributed by atoms with Crippen molar-refractivity contribution in [1.29, 1.82) is 0 Å². The summed E-state index contributed by atoms with van der Waals surface area (Å²) in [7, 11) is 1.57. The molecular weight excluding hydrogens is 359 g/mol. The maximum absolute atomic E-state index is 14.3. The van der Waals surface area contributed by atoms with Gasteiger partial charge in [-0.15, -0.1) is 6.42 Å². The zero-order chi connectivity index (χ0) is 19.9. The van der Waals surface area contributed by atoms with Crippen LogP contribution in [0.4, 0.5) is 4.39 Å². The van der Waals surface area contributed by atoms with Crippen molar-refractivity contribution < 1.29 is 18.7 Å². The molecule has 2 atom stereocenters. The van der Waals surface area contributed by atoms with Crippen molar-refractivity contribution in [2.24, 2.45) is 0 Å². The molecule has 0 saturated carbocycles. The Hall–Kier alpha value is -3.04. The van der Waals surface area contributed by atoms with E-state index in [1.54, 1.807) is 25.3 Å². The first-order chi connectivity index (χ1) is 13.6. The third kappa shape index (κ3) is 4.62. The van der Waals surface area contributed by atoms with Gasteiger partial charge in [0.2, 0.25) is 5.91 Å². The first-order valence-corrected chi connectivity index (χ1v) is 9.12. The number of terminal acetylenes is 1. The van der Waals surface area contributed by atoms with Crippen LogP contribution in [-0.2, 0) is 11.3 Å². The van der Waals surface area contributed by atoms with Crippen LogP contribution in [0.15, 0.2) is 42.5 Å². The number of piperidine rings is 1. The standard InChI is InChI=1S/C22H23FN2O3/c1-3-12-28-19-10-8-15(13-20(19)27-2)14-24-18-9-11-21(26)25-22(18)16-6-4-5-7-17(16)23/h1,4-8,10,13,18,22,24H,9,11-12,14H2,2H3,(H,25,26)/t18-,22+/m1/s1. The number of carbonyl (C=O) groups is 1. The fraction of sp³-hybridized carbons (Fsp3) is 0.318. The molecule has 5 nitrogen and oxygen atoms in total. The highest BCUT2D eigenvalue weighted by molar-refractivity contribution is 5.77. The van der Waals surface area contributed by atoms with E-state index in [1.165, 1.54) is 6.07 Å². The zero-order valence-electron chi connectivity index (χ0n) is 15.7. The summed E-state index contributed by atoms with van der Waals surface area (Å²) in [5.41, 5.74) is 1.47.